The van der Waals surface area contributed by atoms with E-state index in [9.17, 15) is 4.79 Å². The first kappa shape index (κ1) is 24.6. The van der Waals surface area contributed by atoms with Crippen LogP contribution < -0.4 is 10.6 Å². The van der Waals surface area contributed by atoms with Crippen molar-refractivity contribution in [2.45, 2.75) is 96.8 Å². The number of carbonyl (C=O) groups excluding carboxylic acids is 1. The van der Waals surface area contributed by atoms with Crippen LogP contribution >= 0.6 is 12.2 Å². The lowest BCUT2D eigenvalue weighted by molar-refractivity contribution is 0.0976. The van der Waals surface area contributed by atoms with Gasteiger partial charge in [0.2, 0.25) is 0 Å². The van der Waals surface area contributed by atoms with E-state index in [1.807, 2.05) is 18.2 Å². The van der Waals surface area contributed by atoms with Gasteiger partial charge >= 0.3 is 0 Å². The highest BCUT2D eigenvalue weighted by Gasteiger charge is 2.06. The van der Waals surface area contributed by atoms with E-state index in [2.05, 4.69) is 17.6 Å². The summed E-state index contributed by atoms with van der Waals surface area (Å²) in [5, 5.41) is 6.27. The molecule has 3 nitrogen and oxygen atoms in total. The number of thiocarbonyl (C=S) groups is 1. The van der Waals surface area contributed by atoms with Crippen molar-refractivity contribution in [3.8, 4) is 0 Å². The molecule has 0 aromatic heterocycles. The molecule has 4 heteroatoms. The molecule has 0 aliphatic rings. The fourth-order valence-corrected chi connectivity index (χ4v) is 3.53. The van der Waals surface area contributed by atoms with Gasteiger partial charge in [0.25, 0.3) is 5.91 Å². The molecular weight excluding hydrogens is 364 g/mol. The van der Waals surface area contributed by atoms with Gasteiger partial charge in [-0.3, -0.25) is 10.1 Å². The molecule has 0 aliphatic carbocycles. The molecule has 0 saturated heterocycles. The molecule has 0 unspecified atom stereocenters. The van der Waals surface area contributed by atoms with Gasteiger partial charge in [0, 0.05) is 12.1 Å². The Labute approximate surface area is 178 Å². The summed E-state index contributed by atoms with van der Waals surface area (Å²) >= 11 is 5.19. The van der Waals surface area contributed by atoms with Crippen LogP contribution in [0.25, 0.3) is 0 Å². The number of benzene rings is 1. The van der Waals surface area contributed by atoms with Crippen molar-refractivity contribution in [1.82, 2.24) is 10.6 Å². The average molecular weight is 405 g/mol. The monoisotopic (exact) mass is 404 g/mol. The molecule has 1 amide bonds. The maximum atomic E-state index is 12.0. The lowest BCUT2D eigenvalue weighted by Crippen LogP contribution is -2.39. The quantitative estimate of drug-likeness (QED) is 0.236. The molecule has 1 aromatic rings. The predicted molar refractivity (Wildman–Crippen MR) is 125 cm³/mol. The molecule has 0 heterocycles. The fraction of sp³-hybridized carbons (Fsp3) is 0.667. The molecule has 0 fully saturated rings. The van der Waals surface area contributed by atoms with Crippen LogP contribution in [0.1, 0.15) is 107 Å². The van der Waals surface area contributed by atoms with Crippen molar-refractivity contribution in [3.05, 3.63) is 35.9 Å². The highest BCUT2D eigenvalue weighted by molar-refractivity contribution is 7.80. The van der Waals surface area contributed by atoms with Crippen LogP contribution in [0.2, 0.25) is 0 Å². The van der Waals surface area contributed by atoms with Gasteiger partial charge in [-0.15, -0.1) is 0 Å². The first-order chi connectivity index (χ1) is 13.7. The molecule has 1 rings (SSSR count). The summed E-state index contributed by atoms with van der Waals surface area (Å²) in [5.41, 5.74) is 0.628. The van der Waals surface area contributed by atoms with Gasteiger partial charge in [0.1, 0.15) is 0 Å². The summed E-state index contributed by atoms with van der Waals surface area (Å²) < 4.78 is 0. The lowest BCUT2D eigenvalue weighted by atomic mass is 10.0. The van der Waals surface area contributed by atoms with E-state index in [0.29, 0.717) is 10.7 Å². The Morgan fingerprint density at radius 2 is 1.21 bits per heavy atom. The van der Waals surface area contributed by atoms with Gasteiger partial charge in [0.15, 0.2) is 5.11 Å². The SMILES string of the molecule is CCCCCCCCCCCCCCCCNC(=S)NC(=O)c1ccccc1. The Balaban J connectivity index is 1.84. The zero-order valence-corrected chi connectivity index (χ0v) is 18.6. The van der Waals surface area contributed by atoms with Crippen LogP contribution in [0.4, 0.5) is 0 Å². The normalized spacial score (nSPS) is 10.6. The summed E-state index contributed by atoms with van der Waals surface area (Å²) in [6.45, 7) is 3.10. The van der Waals surface area contributed by atoms with Gasteiger partial charge in [-0.25, -0.2) is 0 Å². The largest absolute Gasteiger partial charge is 0.362 e. The topological polar surface area (TPSA) is 41.1 Å². The van der Waals surface area contributed by atoms with Gasteiger partial charge in [-0.05, 0) is 30.8 Å². The van der Waals surface area contributed by atoms with E-state index in [1.54, 1.807) is 12.1 Å². The molecule has 1 aromatic carbocycles. The molecule has 2 N–H and O–H groups in total. The van der Waals surface area contributed by atoms with Crippen molar-refractivity contribution < 1.29 is 4.79 Å². The van der Waals surface area contributed by atoms with Crippen LogP contribution in [0.5, 0.6) is 0 Å². The van der Waals surface area contributed by atoms with Crippen molar-refractivity contribution >= 4 is 23.2 Å². The third-order valence-electron chi connectivity index (χ3n) is 5.08. The molecule has 0 saturated carbocycles. The van der Waals surface area contributed by atoms with Crippen LogP contribution in [-0.4, -0.2) is 17.6 Å². The minimum absolute atomic E-state index is 0.154. The Morgan fingerprint density at radius 3 is 1.71 bits per heavy atom. The molecule has 0 radical (unpaired) electrons. The van der Waals surface area contributed by atoms with Gasteiger partial charge in [-0.2, -0.15) is 0 Å². The van der Waals surface area contributed by atoms with Crippen molar-refractivity contribution in [3.63, 3.8) is 0 Å². The number of unbranched alkanes of at least 4 members (excludes halogenated alkanes) is 13. The van der Waals surface area contributed by atoms with E-state index >= 15 is 0 Å². The van der Waals surface area contributed by atoms with E-state index in [4.69, 9.17) is 12.2 Å². The average Bonchev–Trinajstić information content (AvgIpc) is 2.71. The molecular formula is C24H40N2OS. The maximum absolute atomic E-state index is 12.0. The molecule has 0 aliphatic heterocycles. The standard InChI is InChI=1S/C24H40N2OS/c1-2-3-4-5-6-7-8-9-10-11-12-13-14-18-21-25-24(28)26-23(27)22-19-16-15-17-20-22/h15-17,19-20H,2-14,18,21H2,1H3,(H2,25,26,27,28). The fourth-order valence-electron chi connectivity index (χ4n) is 3.33. The molecule has 0 bridgehead atoms. The summed E-state index contributed by atoms with van der Waals surface area (Å²) in [6.07, 6.45) is 19.0. The van der Waals surface area contributed by atoms with E-state index in [1.165, 1.54) is 83.5 Å². The summed E-state index contributed by atoms with van der Waals surface area (Å²) in [4.78, 5) is 12.0. The third kappa shape index (κ3) is 13.7. The maximum Gasteiger partial charge on any atom is 0.257 e. The van der Waals surface area contributed by atoms with E-state index in [-0.39, 0.29) is 5.91 Å². The van der Waals surface area contributed by atoms with E-state index < -0.39 is 0 Å². The predicted octanol–water partition coefficient (Wildman–Crippen LogP) is 6.77. The number of nitrogens with one attached hydrogen (secondary N) is 2. The second-order valence-corrected chi connectivity index (χ2v) is 8.08. The van der Waals surface area contributed by atoms with Crippen molar-refractivity contribution in [2.24, 2.45) is 0 Å². The Morgan fingerprint density at radius 1 is 0.750 bits per heavy atom. The highest BCUT2D eigenvalue weighted by Crippen LogP contribution is 2.12. The summed E-state index contributed by atoms with van der Waals surface area (Å²) in [7, 11) is 0. The second kappa shape index (κ2) is 17.7. The summed E-state index contributed by atoms with van der Waals surface area (Å²) in [6, 6.07) is 9.15. The van der Waals surface area contributed by atoms with E-state index in [0.717, 1.165) is 13.0 Å². The van der Waals surface area contributed by atoms with Gasteiger partial charge < -0.3 is 5.32 Å². The third-order valence-corrected chi connectivity index (χ3v) is 5.33. The van der Waals surface area contributed by atoms with Gasteiger partial charge in [-0.1, -0.05) is 109 Å². The minimum atomic E-state index is -0.154. The van der Waals surface area contributed by atoms with Crippen LogP contribution in [0.15, 0.2) is 30.3 Å². The Kier molecular flexibility index (Phi) is 15.5. The molecule has 0 spiro atoms. The smallest absolute Gasteiger partial charge is 0.257 e. The second-order valence-electron chi connectivity index (χ2n) is 7.67. The first-order valence-electron chi connectivity index (χ1n) is 11.4. The van der Waals surface area contributed by atoms with Crippen molar-refractivity contribution in [2.75, 3.05) is 6.54 Å². The van der Waals surface area contributed by atoms with Crippen LogP contribution in [0, 0.1) is 0 Å². The van der Waals surface area contributed by atoms with Crippen LogP contribution in [0.3, 0.4) is 0 Å². The lowest BCUT2D eigenvalue weighted by Gasteiger charge is -2.09. The zero-order valence-electron chi connectivity index (χ0n) is 17.8. The molecule has 28 heavy (non-hydrogen) atoms. The Bertz CT molecular complexity index is 519. The Hall–Kier alpha value is -1.42. The van der Waals surface area contributed by atoms with Crippen molar-refractivity contribution in [1.29, 1.82) is 0 Å². The number of carbonyl (C=O) groups is 1. The van der Waals surface area contributed by atoms with Gasteiger partial charge in [0.05, 0.1) is 0 Å². The summed E-state index contributed by atoms with van der Waals surface area (Å²) in [5.74, 6) is -0.154. The highest BCUT2D eigenvalue weighted by atomic mass is 32.1. The van der Waals surface area contributed by atoms with Crippen LogP contribution in [-0.2, 0) is 0 Å². The number of hydrogen-bond acceptors (Lipinski definition) is 2. The number of hydrogen-bond donors (Lipinski definition) is 2. The molecule has 158 valence electrons. The number of rotatable bonds is 16. The molecule has 0 atom stereocenters. The first-order valence-corrected chi connectivity index (χ1v) is 11.8. The number of amides is 1. The minimum Gasteiger partial charge on any atom is -0.362 e. The zero-order chi connectivity index (χ0) is 20.3.